The molecule has 0 atom stereocenters. The van der Waals surface area contributed by atoms with Gasteiger partial charge in [-0.1, -0.05) is 0 Å². The number of hydrogen-bond donors (Lipinski definition) is 1. The maximum atomic E-state index is 13.1. The normalized spacial score (nSPS) is 10.3. The molecule has 0 aliphatic carbocycles. The van der Waals surface area contributed by atoms with Crippen LogP contribution in [0.25, 0.3) is 0 Å². The molecule has 2 aromatic heterocycles. The predicted molar refractivity (Wildman–Crippen MR) is 121 cm³/mol. The van der Waals surface area contributed by atoms with Gasteiger partial charge in [0.2, 0.25) is 5.75 Å². The highest BCUT2D eigenvalue weighted by Crippen LogP contribution is 2.39. The zero-order valence-corrected chi connectivity index (χ0v) is 18.5. The van der Waals surface area contributed by atoms with E-state index in [1.54, 1.807) is 42.9 Å². The number of amides is 1. The molecule has 3 rings (SSSR count). The Morgan fingerprint density at radius 2 is 1.50 bits per heavy atom. The van der Waals surface area contributed by atoms with E-state index in [9.17, 15) is 4.79 Å². The van der Waals surface area contributed by atoms with Crippen LogP contribution >= 0.6 is 0 Å². The quantitative estimate of drug-likeness (QED) is 0.472. The summed E-state index contributed by atoms with van der Waals surface area (Å²) in [6.07, 6.45) is 4.98. The number of hydrogen-bond acceptors (Lipinski definition) is 7. The van der Waals surface area contributed by atoms with E-state index in [2.05, 4.69) is 15.3 Å². The zero-order chi connectivity index (χ0) is 22.8. The van der Waals surface area contributed by atoms with E-state index >= 15 is 0 Å². The standard InChI is InChI=1S/C24H27N3O5/c1-4-29-20-14-18(15-21(30-5-2)22(20)31-6-3)24(28)27-23-19(8-7-11-26-23)32-16-17-9-12-25-13-10-17/h7-15H,4-6,16H2,1-3H3,(H,26,27,28). The third kappa shape index (κ3) is 5.87. The van der Waals surface area contributed by atoms with Gasteiger partial charge in [-0.05, 0) is 62.7 Å². The van der Waals surface area contributed by atoms with E-state index in [1.807, 2.05) is 32.9 Å². The number of aromatic nitrogens is 2. The Bertz CT molecular complexity index is 1000. The Morgan fingerprint density at radius 1 is 0.844 bits per heavy atom. The van der Waals surface area contributed by atoms with Gasteiger partial charge in [0, 0.05) is 24.2 Å². The third-order valence-electron chi connectivity index (χ3n) is 4.32. The van der Waals surface area contributed by atoms with Crippen LogP contribution in [0.1, 0.15) is 36.7 Å². The lowest BCUT2D eigenvalue weighted by atomic mass is 10.1. The van der Waals surface area contributed by atoms with Crippen molar-refractivity contribution in [2.45, 2.75) is 27.4 Å². The zero-order valence-electron chi connectivity index (χ0n) is 18.5. The van der Waals surface area contributed by atoms with Gasteiger partial charge in [0.25, 0.3) is 5.91 Å². The molecule has 1 N–H and O–H groups in total. The van der Waals surface area contributed by atoms with Gasteiger partial charge in [0.1, 0.15) is 6.61 Å². The molecule has 0 aliphatic heterocycles. The fraction of sp³-hybridized carbons (Fsp3) is 0.292. The number of rotatable bonds is 11. The number of anilines is 1. The van der Waals surface area contributed by atoms with E-state index in [0.717, 1.165) is 5.56 Å². The van der Waals surface area contributed by atoms with Gasteiger partial charge in [-0.15, -0.1) is 0 Å². The average Bonchev–Trinajstić information content (AvgIpc) is 2.81. The Hall–Kier alpha value is -3.81. The Morgan fingerprint density at radius 3 is 2.12 bits per heavy atom. The summed E-state index contributed by atoms with van der Waals surface area (Å²) in [4.78, 5) is 21.3. The van der Waals surface area contributed by atoms with Crippen LogP contribution in [0, 0.1) is 0 Å². The molecule has 1 amide bonds. The maximum absolute atomic E-state index is 13.1. The summed E-state index contributed by atoms with van der Waals surface area (Å²) in [5.41, 5.74) is 1.31. The number of benzene rings is 1. The monoisotopic (exact) mass is 437 g/mol. The Balaban J connectivity index is 1.83. The third-order valence-corrected chi connectivity index (χ3v) is 4.32. The Labute approximate surface area is 187 Å². The maximum Gasteiger partial charge on any atom is 0.257 e. The summed E-state index contributed by atoms with van der Waals surface area (Å²) in [5.74, 6) is 1.77. The van der Waals surface area contributed by atoms with Crippen molar-refractivity contribution < 1.29 is 23.7 Å². The SMILES string of the molecule is CCOc1cc(C(=O)Nc2ncccc2OCc2ccncc2)cc(OCC)c1OCC. The molecule has 0 saturated carbocycles. The Kier molecular flexibility index (Phi) is 8.25. The number of nitrogens with one attached hydrogen (secondary N) is 1. The van der Waals surface area contributed by atoms with Crippen molar-refractivity contribution in [2.24, 2.45) is 0 Å². The molecule has 0 aliphatic rings. The van der Waals surface area contributed by atoms with Crippen LogP contribution in [0.4, 0.5) is 5.82 Å². The van der Waals surface area contributed by atoms with Crippen LogP contribution in [0.2, 0.25) is 0 Å². The van der Waals surface area contributed by atoms with Gasteiger partial charge in [-0.25, -0.2) is 4.98 Å². The first-order valence-electron chi connectivity index (χ1n) is 10.5. The van der Waals surface area contributed by atoms with Gasteiger partial charge >= 0.3 is 0 Å². The molecule has 2 heterocycles. The fourth-order valence-corrected chi connectivity index (χ4v) is 2.94. The van der Waals surface area contributed by atoms with Crippen molar-refractivity contribution in [2.75, 3.05) is 25.1 Å². The molecule has 0 unspecified atom stereocenters. The van der Waals surface area contributed by atoms with Crippen LogP contribution < -0.4 is 24.3 Å². The van der Waals surface area contributed by atoms with Crippen LogP contribution in [0.5, 0.6) is 23.0 Å². The molecule has 0 saturated heterocycles. The summed E-state index contributed by atoms with van der Waals surface area (Å²) in [6, 6.07) is 10.5. The van der Waals surface area contributed by atoms with E-state index in [0.29, 0.717) is 60.8 Å². The second-order valence-electron chi connectivity index (χ2n) is 6.55. The van der Waals surface area contributed by atoms with Crippen molar-refractivity contribution in [3.8, 4) is 23.0 Å². The van der Waals surface area contributed by atoms with Gasteiger partial charge in [-0.3, -0.25) is 9.78 Å². The molecule has 0 spiro atoms. The lowest BCUT2D eigenvalue weighted by molar-refractivity contribution is 0.102. The summed E-state index contributed by atoms with van der Waals surface area (Å²) in [5, 5.41) is 2.81. The fourth-order valence-electron chi connectivity index (χ4n) is 2.94. The minimum Gasteiger partial charge on any atom is -0.490 e. The van der Waals surface area contributed by atoms with E-state index < -0.39 is 0 Å². The smallest absolute Gasteiger partial charge is 0.257 e. The minimum absolute atomic E-state index is 0.316. The van der Waals surface area contributed by atoms with E-state index in [4.69, 9.17) is 18.9 Å². The molecule has 8 heteroatoms. The number of carbonyl (C=O) groups excluding carboxylic acids is 1. The van der Waals surface area contributed by atoms with Gasteiger partial charge in [0.15, 0.2) is 23.1 Å². The molecule has 0 radical (unpaired) electrons. The van der Waals surface area contributed by atoms with Crippen LogP contribution in [-0.2, 0) is 6.61 Å². The van der Waals surface area contributed by atoms with Gasteiger partial charge in [-0.2, -0.15) is 0 Å². The summed E-state index contributed by atoms with van der Waals surface area (Å²) in [7, 11) is 0. The number of carbonyl (C=O) groups is 1. The minimum atomic E-state index is -0.373. The second-order valence-corrected chi connectivity index (χ2v) is 6.55. The second kappa shape index (κ2) is 11.5. The van der Waals surface area contributed by atoms with E-state index in [-0.39, 0.29) is 5.91 Å². The molecule has 0 bridgehead atoms. The highest BCUT2D eigenvalue weighted by Gasteiger charge is 2.19. The molecule has 3 aromatic rings. The summed E-state index contributed by atoms with van der Waals surface area (Å²) < 4.78 is 23.0. The first-order valence-corrected chi connectivity index (χ1v) is 10.5. The van der Waals surface area contributed by atoms with Crippen LogP contribution in [-0.4, -0.2) is 35.7 Å². The van der Waals surface area contributed by atoms with Gasteiger partial charge in [0.05, 0.1) is 19.8 Å². The highest BCUT2D eigenvalue weighted by atomic mass is 16.5. The molecule has 1 aromatic carbocycles. The molecule has 168 valence electrons. The molecule has 32 heavy (non-hydrogen) atoms. The highest BCUT2D eigenvalue weighted by molar-refractivity contribution is 6.05. The number of ether oxygens (including phenoxy) is 4. The van der Waals surface area contributed by atoms with Crippen LogP contribution in [0.3, 0.4) is 0 Å². The van der Waals surface area contributed by atoms with Gasteiger partial charge < -0.3 is 24.3 Å². The van der Waals surface area contributed by atoms with Crippen molar-refractivity contribution >= 4 is 11.7 Å². The topological polar surface area (TPSA) is 91.8 Å². The van der Waals surface area contributed by atoms with Crippen LogP contribution in [0.15, 0.2) is 55.0 Å². The number of nitrogens with zero attached hydrogens (tertiary/aromatic N) is 2. The van der Waals surface area contributed by atoms with Crippen molar-refractivity contribution in [1.82, 2.24) is 9.97 Å². The average molecular weight is 437 g/mol. The molecular weight excluding hydrogens is 410 g/mol. The molecule has 8 nitrogen and oxygen atoms in total. The largest absolute Gasteiger partial charge is 0.490 e. The first kappa shape index (κ1) is 22.9. The van der Waals surface area contributed by atoms with E-state index in [1.165, 1.54) is 0 Å². The molecule has 0 fully saturated rings. The number of pyridine rings is 2. The summed E-state index contributed by atoms with van der Waals surface area (Å²) >= 11 is 0. The molecular formula is C24H27N3O5. The lowest BCUT2D eigenvalue weighted by Crippen LogP contribution is -2.15. The summed E-state index contributed by atoms with van der Waals surface area (Å²) in [6.45, 7) is 7.21. The first-order chi connectivity index (χ1) is 15.7. The van der Waals surface area contributed by atoms with Crippen molar-refractivity contribution in [1.29, 1.82) is 0 Å². The lowest BCUT2D eigenvalue weighted by Gasteiger charge is -2.17. The predicted octanol–water partition coefficient (Wildman–Crippen LogP) is 4.50. The van der Waals surface area contributed by atoms with Crippen molar-refractivity contribution in [3.05, 3.63) is 66.1 Å². The van der Waals surface area contributed by atoms with Crippen molar-refractivity contribution in [3.63, 3.8) is 0 Å².